The van der Waals surface area contributed by atoms with Gasteiger partial charge >= 0.3 is 0 Å². The molecule has 0 amide bonds. The Labute approximate surface area is 168 Å². The molecule has 0 aliphatic carbocycles. The molecule has 0 bridgehead atoms. The average molecular weight is 407 g/mol. The van der Waals surface area contributed by atoms with Crippen LogP contribution in [0.5, 0.6) is 11.5 Å². The highest BCUT2D eigenvalue weighted by atomic mass is 32.2. The summed E-state index contributed by atoms with van der Waals surface area (Å²) in [5.74, 6) is 1.49. The molecule has 2 aromatic rings. The van der Waals surface area contributed by atoms with E-state index in [1.54, 1.807) is 26.4 Å². The van der Waals surface area contributed by atoms with Crippen LogP contribution in [0.15, 0.2) is 47.4 Å². The zero-order valence-electron chi connectivity index (χ0n) is 17.2. The lowest BCUT2D eigenvalue weighted by Crippen LogP contribution is -2.30. The van der Waals surface area contributed by atoms with Gasteiger partial charge in [-0.15, -0.1) is 0 Å². The van der Waals surface area contributed by atoms with Crippen LogP contribution in [0.2, 0.25) is 0 Å². The topological polar surface area (TPSA) is 67.9 Å². The lowest BCUT2D eigenvalue weighted by Gasteiger charge is -2.19. The third-order valence-electron chi connectivity index (χ3n) is 4.75. The smallest absolute Gasteiger partial charge is 0.243 e. The van der Waals surface area contributed by atoms with Gasteiger partial charge in [0.05, 0.1) is 19.1 Å². The van der Waals surface area contributed by atoms with Crippen LogP contribution in [0.3, 0.4) is 0 Å². The van der Waals surface area contributed by atoms with Gasteiger partial charge in [-0.3, -0.25) is 0 Å². The Morgan fingerprint density at radius 3 is 1.96 bits per heavy atom. The first kappa shape index (κ1) is 22.2. The fraction of sp³-hybridized carbons (Fsp3) is 0.429. The maximum Gasteiger partial charge on any atom is 0.243 e. The van der Waals surface area contributed by atoms with Gasteiger partial charge in [0.1, 0.15) is 11.5 Å². The molecular weight excluding hydrogens is 376 g/mol. The van der Waals surface area contributed by atoms with Gasteiger partial charge in [0.15, 0.2) is 0 Å². The van der Waals surface area contributed by atoms with Crippen LogP contribution < -0.4 is 14.8 Å². The van der Waals surface area contributed by atoms with E-state index < -0.39 is 10.0 Å². The van der Waals surface area contributed by atoms with Gasteiger partial charge in [0.2, 0.25) is 10.0 Å². The summed E-state index contributed by atoms with van der Waals surface area (Å²) in [5.41, 5.74) is 2.07. The van der Waals surface area contributed by atoms with E-state index in [0.29, 0.717) is 24.5 Å². The molecule has 0 aromatic heterocycles. The first-order valence-corrected chi connectivity index (χ1v) is 10.8. The predicted molar refractivity (Wildman–Crippen MR) is 111 cm³/mol. The Kier molecular flexibility index (Phi) is 7.86. The summed E-state index contributed by atoms with van der Waals surface area (Å²) in [4.78, 5) is 0.324. The quantitative estimate of drug-likeness (QED) is 0.653. The molecule has 0 heterocycles. The van der Waals surface area contributed by atoms with Crippen molar-refractivity contribution in [3.8, 4) is 11.5 Å². The lowest BCUT2D eigenvalue weighted by atomic mass is 10.1. The van der Waals surface area contributed by atoms with Crippen LogP contribution in [-0.4, -0.2) is 40.0 Å². The summed E-state index contributed by atoms with van der Waals surface area (Å²) < 4.78 is 37.3. The number of sulfonamides is 1. The fourth-order valence-electron chi connectivity index (χ4n) is 3.00. The Balaban J connectivity index is 2.08. The number of nitrogens with one attached hydrogen (secondary N) is 1. The Morgan fingerprint density at radius 1 is 0.964 bits per heavy atom. The van der Waals surface area contributed by atoms with Crippen molar-refractivity contribution < 1.29 is 17.9 Å². The van der Waals surface area contributed by atoms with E-state index in [1.807, 2.05) is 51.1 Å². The van der Waals surface area contributed by atoms with Gasteiger partial charge < -0.3 is 14.8 Å². The minimum Gasteiger partial charge on any atom is -0.497 e. The van der Waals surface area contributed by atoms with E-state index in [4.69, 9.17) is 9.47 Å². The molecular formula is C21H30N2O4S. The van der Waals surface area contributed by atoms with Crippen molar-refractivity contribution in [3.05, 3.63) is 53.6 Å². The third kappa shape index (κ3) is 5.25. The molecule has 154 valence electrons. The van der Waals surface area contributed by atoms with Gasteiger partial charge in [-0.05, 0) is 42.3 Å². The molecule has 2 aromatic carbocycles. The zero-order valence-corrected chi connectivity index (χ0v) is 18.0. The SMILES string of the molecule is CCN(CC)S(=O)(=O)c1ccc(C(C)NCc2cc(OC)cc(OC)c2)cc1. The van der Waals surface area contributed by atoms with E-state index in [2.05, 4.69) is 5.32 Å². The van der Waals surface area contributed by atoms with Crippen LogP contribution in [0.4, 0.5) is 0 Å². The molecule has 1 unspecified atom stereocenters. The standard InChI is InChI=1S/C21H30N2O4S/c1-6-23(7-2)28(24,25)21-10-8-18(9-11-21)16(3)22-15-17-12-19(26-4)14-20(13-17)27-5/h8-14,16,22H,6-7,15H2,1-5H3. The normalized spacial score (nSPS) is 12.8. The first-order valence-electron chi connectivity index (χ1n) is 9.41. The van der Waals surface area contributed by atoms with Crippen LogP contribution >= 0.6 is 0 Å². The number of benzene rings is 2. The number of rotatable bonds is 10. The van der Waals surface area contributed by atoms with Crippen molar-refractivity contribution >= 4 is 10.0 Å². The Bertz CT molecular complexity index is 840. The summed E-state index contributed by atoms with van der Waals surface area (Å²) >= 11 is 0. The van der Waals surface area contributed by atoms with Crippen molar-refractivity contribution in [3.63, 3.8) is 0 Å². The first-order chi connectivity index (χ1) is 13.3. The molecule has 0 spiro atoms. The van der Waals surface area contributed by atoms with Crippen LogP contribution in [-0.2, 0) is 16.6 Å². The second-order valence-electron chi connectivity index (χ2n) is 6.48. The van der Waals surface area contributed by atoms with Gasteiger partial charge in [0.25, 0.3) is 0 Å². The van der Waals surface area contributed by atoms with Gasteiger partial charge in [-0.25, -0.2) is 8.42 Å². The van der Waals surface area contributed by atoms with Crippen LogP contribution in [0, 0.1) is 0 Å². The summed E-state index contributed by atoms with van der Waals surface area (Å²) in [7, 11) is -0.174. The third-order valence-corrected chi connectivity index (χ3v) is 6.81. The predicted octanol–water partition coefficient (Wildman–Crippen LogP) is 3.59. The lowest BCUT2D eigenvalue weighted by molar-refractivity contribution is 0.392. The Hall–Kier alpha value is -2.09. The van der Waals surface area contributed by atoms with Crippen LogP contribution in [0.25, 0.3) is 0 Å². The summed E-state index contributed by atoms with van der Waals surface area (Å²) in [6, 6.07) is 12.9. The molecule has 28 heavy (non-hydrogen) atoms. The Morgan fingerprint density at radius 2 is 1.50 bits per heavy atom. The molecule has 2 rings (SSSR count). The summed E-state index contributed by atoms with van der Waals surface area (Å²) in [6.07, 6.45) is 0. The van der Waals surface area contributed by atoms with Gasteiger partial charge in [-0.1, -0.05) is 26.0 Å². The largest absolute Gasteiger partial charge is 0.497 e. The number of methoxy groups -OCH3 is 2. The number of nitrogens with zero attached hydrogens (tertiary/aromatic N) is 1. The monoisotopic (exact) mass is 406 g/mol. The van der Waals surface area contributed by atoms with Crippen molar-refractivity contribution in [2.24, 2.45) is 0 Å². The van der Waals surface area contributed by atoms with Crippen LogP contribution in [0.1, 0.15) is 37.9 Å². The number of hydrogen-bond acceptors (Lipinski definition) is 5. The van der Waals surface area contributed by atoms with Crippen molar-refractivity contribution in [1.82, 2.24) is 9.62 Å². The minimum absolute atomic E-state index is 0.0578. The van der Waals surface area contributed by atoms with Crippen molar-refractivity contribution in [2.75, 3.05) is 27.3 Å². The van der Waals surface area contributed by atoms with E-state index in [0.717, 1.165) is 22.6 Å². The zero-order chi connectivity index (χ0) is 20.7. The molecule has 0 aliphatic heterocycles. The molecule has 6 nitrogen and oxygen atoms in total. The molecule has 0 saturated heterocycles. The summed E-state index contributed by atoms with van der Waals surface area (Å²) in [6.45, 7) is 7.29. The molecule has 1 atom stereocenters. The molecule has 1 N–H and O–H groups in total. The molecule has 0 radical (unpaired) electrons. The molecule has 0 fully saturated rings. The van der Waals surface area contributed by atoms with E-state index >= 15 is 0 Å². The van der Waals surface area contributed by atoms with Gasteiger partial charge in [0, 0.05) is 31.7 Å². The van der Waals surface area contributed by atoms with E-state index in [-0.39, 0.29) is 6.04 Å². The van der Waals surface area contributed by atoms with Crippen molar-refractivity contribution in [2.45, 2.75) is 38.3 Å². The number of hydrogen-bond donors (Lipinski definition) is 1. The highest BCUT2D eigenvalue weighted by Gasteiger charge is 2.21. The maximum absolute atomic E-state index is 12.6. The maximum atomic E-state index is 12.6. The summed E-state index contributed by atoms with van der Waals surface area (Å²) in [5, 5.41) is 3.45. The average Bonchev–Trinajstić information content (AvgIpc) is 2.72. The molecule has 0 aliphatic rings. The second kappa shape index (κ2) is 9.91. The number of ether oxygens (including phenoxy) is 2. The minimum atomic E-state index is -3.43. The highest BCUT2D eigenvalue weighted by Crippen LogP contribution is 2.24. The molecule has 0 saturated carbocycles. The second-order valence-corrected chi connectivity index (χ2v) is 8.42. The van der Waals surface area contributed by atoms with Gasteiger partial charge in [-0.2, -0.15) is 4.31 Å². The van der Waals surface area contributed by atoms with E-state index in [1.165, 1.54) is 4.31 Å². The fourth-order valence-corrected chi connectivity index (χ4v) is 4.46. The highest BCUT2D eigenvalue weighted by molar-refractivity contribution is 7.89. The molecule has 7 heteroatoms. The van der Waals surface area contributed by atoms with E-state index in [9.17, 15) is 8.42 Å². The van der Waals surface area contributed by atoms with Crippen molar-refractivity contribution in [1.29, 1.82) is 0 Å².